The van der Waals surface area contributed by atoms with E-state index in [0.717, 1.165) is 0 Å². The number of fused-ring (bicyclic) bond motifs is 4. The van der Waals surface area contributed by atoms with E-state index in [4.69, 9.17) is 0 Å². The van der Waals surface area contributed by atoms with Crippen molar-refractivity contribution in [3.8, 4) is 11.1 Å². The summed E-state index contributed by atoms with van der Waals surface area (Å²) in [4.78, 5) is 0. The lowest BCUT2D eigenvalue weighted by Gasteiger charge is -2.40. The minimum absolute atomic E-state index is 0.0527. The summed E-state index contributed by atoms with van der Waals surface area (Å²) in [7, 11) is 0. The van der Waals surface area contributed by atoms with Crippen LogP contribution in [0, 0.1) is 19.3 Å². The Bertz CT molecular complexity index is 1130. The van der Waals surface area contributed by atoms with Gasteiger partial charge in [0.15, 0.2) is 0 Å². The van der Waals surface area contributed by atoms with Crippen molar-refractivity contribution in [3.63, 3.8) is 0 Å². The first-order chi connectivity index (χ1) is 13.8. The number of allylic oxidation sites excluding steroid dienone is 1. The molecule has 0 saturated heterocycles. The van der Waals surface area contributed by atoms with Crippen LogP contribution in [0.15, 0.2) is 64.6 Å². The van der Waals surface area contributed by atoms with E-state index in [1.807, 2.05) is 0 Å². The number of hydrogen-bond donors (Lipinski definition) is 0. The summed E-state index contributed by atoms with van der Waals surface area (Å²) in [5.41, 5.74) is 12.8. The molecule has 0 saturated carbocycles. The van der Waals surface area contributed by atoms with E-state index in [2.05, 4.69) is 111 Å². The number of aryl methyl sites for hydroxylation is 2. The summed E-state index contributed by atoms with van der Waals surface area (Å²) < 4.78 is 1.20. The van der Waals surface area contributed by atoms with Crippen molar-refractivity contribution in [2.24, 2.45) is 5.41 Å². The molecule has 1 atom stereocenters. The maximum atomic E-state index is 3.78. The van der Waals surface area contributed by atoms with Crippen molar-refractivity contribution in [2.75, 3.05) is 0 Å². The molecule has 146 valence electrons. The minimum Gasteiger partial charge on any atom is -0.0646 e. The highest BCUT2D eigenvalue weighted by molar-refractivity contribution is 9.10. The molecular weight excluding hydrogens is 416 g/mol. The molecule has 0 bridgehead atoms. The number of halogens is 1. The van der Waals surface area contributed by atoms with Gasteiger partial charge in [-0.05, 0) is 65.6 Å². The molecule has 0 spiro atoms. The van der Waals surface area contributed by atoms with Crippen LogP contribution in [-0.4, -0.2) is 0 Å². The molecule has 3 aromatic rings. The van der Waals surface area contributed by atoms with Crippen LogP contribution in [0.4, 0.5) is 0 Å². The van der Waals surface area contributed by atoms with Gasteiger partial charge >= 0.3 is 0 Å². The summed E-state index contributed by atoms with van der Waals surface area (Å²) in [6.07, 6.45) is 2.38. The van der Waals surface area contributed by atoms with Crippen molar-refractivity contribution in [1.82, 2.24) is 0 Å². The third-order valence-corrected chi connectivity index (χ3v) is 7.73. The topological polar surface area (TPSA) is 0 Å². The molecule has 29 heavy (non-hydrogen) atoms. The summed E-state index contributed by atoms with van der Waals surface area (Å²) in [6.45, 7) is 11.6. The maximum absolute atomic E-state index is 3.78. The van der Waals surface area contributed by atoms with E-state index in [1.54, 1.807) is 0 Å². The van der Waals surface area contributed by atoms with E-state index in [-0.39, 0.29) is 5.41 Å². The van der Waals surface area contributed by atoms with Gasteiger partial charge in [-0.15, -0.1) is 0 Å². The fourth-order valence-electron chi connectivity index (χ4n) is 5.95. The second-order valence-corrected chi connectivity index (χ2v) is 10.4. The van der Waals surface area contributed by atoms with E-state index < -0.39 is 0 Å². The number of hydrogen-bond acceptors (Lipinski definition) is 0. The van der Waals surface area contributed by atoms with E-state index in [9.17, 15) is 0 Å². The second kappa shape index (κ2) is 6.44. The van der Waals surface area contributed by atoms with E-state index in [0.29, 0.717) is 11.8 Å². The molecule has 0 aromatic heterocycles. The van der Waals surface area contributed by atoms with Crippen LogP contribution in [0.5, 0.6) is 0 Å². The Kier molecular flexibility index (Phi) is 4.19. The summed E-state index contributed by atoms with van der Waals surface area (Å²) in [6, 6.07) is 20.7. The Morgan fingerprint density at radius 1 is 0.724 bits per heavy atom. The zero-order chi connectivity index (χ0) is 20.5. The third-order valence-electron chi connectivity index (χ3n) is 7.04. The largest absolute Gasteiger partial charge is 0.0646 e. The molecule has 5 rings (SSSR count). The molecule has 2 aliphatic rings. The third kappa shape index (κ3) is 2.70. The van der Waals surface area contributed by atoms with Crippen molar-refractivity contribution in [1.29, 1.82) is 0 Å². The van der Waals surface area contributed by atoms with Gasteiger partial charge in [0, 0.05) is 16.3 Å². The number of benzene rings is 3. The highest BCUT2D eigenvalue weighted by Crippen LogP contribution is 2.61. The molecule has 0 amide bonds. The average molecular weight is 443 g/mol. The lowest BCUT2D eigenvalue weighted by molar-refractivity contribution is 0.278. The van der Waals surface area contributed by atoms with Crippen molar-refractivity contribution in [2.45, 2.75) is 46.5 Å². The Morgan fingerprint density at radius 2 is 1.31 bits per heavy atom. The highest BCUT2D eigenvalue weighted by Gasteiger charge is 2.46. The van der Waals surface area contributed by atoms with Crippen molar-refractivity contribution < 1.29 is 0 Å². The second-order valence-electron chi connectivity index (χ2n) is 9.50. The van der Waals surface area contributed by atoms with Crippen LogP contribution in [0.3, 0.4) is 0 Å². The fourth-order valence-corrected chi connectivity index (χ4v) is 6.44. The molecule has 0 aliphatic heterocycles. The van der Waals surface area contributed by atoms with Crippen molar-refractivity contribution >= 4 is 22.0 Å². The predicted octanol–water partition coefficient (Wildman–Crippen LogP) is 8.41. The van der Waals surface area contributed by atoms with Gasteiger partial charge in [0.2, 0.25) is 0 Å². The lowest BCUT2D eigenvalue weighted by Crippen LogP contribution is -2.29. The molecule has 0 nitrogen and oxygen atoms in total. The van der Waals surface area contributed by atoms with Crippen LogP contribution < -0.4 is 0 Å². The van der Waals surface area contributed by atoms with Crippen LogP contribution in [0.1, 0.15) is 66.0 Å². The average Bonchev–Trinajstić information content (AvgIpc) is 3.17. The zero-order valence-corrected chi connectivity index (χ0v) is 19.4. The Balaban J connectivity index is 1.73. The molecule has 3 aromatic carbocycles. The fraction of sp³-hybridized carbons (Fsp3) is 0.286. The number of rotatable bonds is 2. The first kappa shape index (κ1) is 18.9. The molecule has 0 fully saturated rings. The molecular formula is C28H27Br. The van der Waals surface area contributed by atoms with Gasteiger partial charge in [-0.3, -0.25) is 0 Å². The quantitative estimate of drug-likeness (QED) is 0.373. The zero-order valence-electron chi connectivity index (χ0n) is 17.8. The summed E-state index contributed by atoms with van der Waals surface area (Å²) >= 11 is 3.78. The molecule has 0 heterocycles. The van der Waals surface area contributed by atoms with Crippen LogP contribution in [0.25, 0.3) is 17.2 Å². The summed E-state index contributed by atoms with van der Waals surface area (Å²) in [5, 5.41) is 0. The molecule has 0 radical (unpaired) electrons. The SMILES string of the molecule is CC1=Cc2c(Br)cccc2C1C(C)(C)C1c2ccc(C)cc2-c2cc(C)ccc21. The van der Waals surface area contributed by atoms with Crippen LogP contribution in [-0.2, 0) is 0 Å². The van der Waals surface area contributed by atoms with Gasteiger partial charge in [-0.2, -0.15) is 0 Å². The minimum atomic E-state index is 0.0527. The predicted molar refractivity (Wildman–Crippen MR) is 128 cm³/mol. The Hall–Kier alpha value is -2.12. The van der Waals surface area contributed by atoms with Crippen LogP contribution >= 0.6 is 15.9 Å². The van der Waals surface area contributed by atoms with E-state index in [1.165, 1.54) is 54.6 Å². The van der Waals surface area contributed by atoms with Gasteiger partial charge in [0.05, 0.1) is 0 Å². The summed E-state index contributed by atoms with van der Waals surface area (Å²) in [5.74, 6) is 0.786. The molecule has 1 heteroatoms. The normalized spacial score (nSPS) is 17.7. The first-order valence-corrected chi connectivity index (χ1v) is 11.3. The standard InChI is InChI=1S/C28H27Br/c1-16-9-11-20-22(13-16)23-14-17(2)10-12-21(23)27(20)28(4,5)26-18(3)15-24-19(26)7-6-8-25(24)29/h6-15,26-27H,1-5H3. The molecule has 1 unspecified atom stereocenters. The van der Waals surface area contributed by atoms with Gasteiger partial charge < -0.3 is 0 Å². The Morgan fingerprint density at radius 3 is 1.90 bits per heavy atom. The maximum Gasteiger partial charge on any atom is 0.0250 e. The molecule has 2 aliphatic carbocycles. The van der Waals surface area contributed by atoms with Gasteiger partial charge in [-0.1, -0.05) is 101 Å². The van der Waals surface area contributed by atoms with Gasteiger partial charge in [0.25, 0.3) is 0 Å². The molecule has 0 N–H and O–H groups in total. The monoisotopic (exact) mass is 442 g/mol. The lowest BCUT2D eigenvalue weighted by atomic mass is 9.63. The Labute approximate surface area is 182 Å². The first-order valence-electron chi connectivity index (χ1n) is 10.5. The smallest absolute Gasteiger partial charge is 0.0250 e. The van der Waals surface area contributed by atoms with Gasteiger partial charge in [0.1, 0.15) is 0 Å². The van der Waals surface area contributed by atoms with Crippen LogP contribution in [0.2, 0.25) is 0 Å². The van der Waals surface area contributed by atoms with Crippen molar-refractivity contribution in [3.05, 3.63) is 98.0 Å². The highest BCUT2D eigenvalue weighted by atomic mass is 79.9. The van der Waals surface area contributed by atoms with Gasteiger partial charge in [-0.25, -0.2) is 0 Å². The van der Waals surface area contributed by atoms with E-state index >= 15 is 0 Å².